The predicted molar refractivity (Wildman–Crippen MR) is 95.7 cm³/mol. The van der Waals surface area contributed by atoms with Crippen molar-refractivity contribution < 1.29 is 9.53 Å². The number of nitrogens with zero attached hydrogens (tertiary/aromatic N) is 2. The van der Waals surface area contributed by atoms with E-state index >= 15 is 0 Å². The minimum absolute atomic E-state index is 0.0222. The van der Waals surface area contributed by atoms with Gasteiger partial charge in [-0.15, -0.1) is 0 Å². The SMILES string of the molecule is C[C@H](CCNC(=O)c1ccc2c(c1)CCCO2)N1CCN(C)CC1. The number of piperazine rings is 1. The molecular formula is C19H29N3O2. The van der Waals surface area contributed by atoms with Crippen LogP contribution in [0.3, 0.4) is 0 Å². The van der Waals surface area contributed by atoms with Crippen LogP contribution in [-0.4, -0.2) is 68.1 Å². The molecule has 0 aromatic heterocycles. The van der Waals surface area contributed by atoms with E-state index in [9.17, 15) is 4.79 Å². The van der Waals surface area contributed by atoms with Gasteiger partial charge in [-0.05, 0) is 57.0 Å². The summed E-state index contributed by atoms with van der Waals surface area (Å²) in [5, 5.41) is 3.07. The number of fused-ring (bicyclic) bond motifs is 1. The Morgan fingerprint density at radius 2 is 2.08 bits per heavy atom. The van der Waals surface area contributed by atoms with E-state index in [1.54, 1.807) is 0 Å². The molecule has 2 heterocycles. The number of amides is 1. The molecule has 3 rings (SSSR count). The number of likely N-dealkylation sites (N-methyl/N-ethyl adjacent to an activating group) is 1. The molecule has 24 heavy (non-hydrogen) atoms. The third kappa shape index (κ3) is 4.28. The quantitative estimate of drug-likeness (QED) is 0.893. The van der Waals surface area contributed by atoms with Crippen LogP contribution < -0.4 is 10.1 Å². The van der Waals surface area contributed by atoms with Crippen LogP contribution in [-0.2, 0) is 6.42 Å². The van der Waals surface area contributed by atoms with Crippen molar-refractivity contribution in [1.82, 2.24) is 15.1 Å². The van der Waals surface area contributed by atoms with Gasteiger partial charge in [-0.1, -0.05) is 0 Å². The first-order valence-corrected chi connectivity index (χ1v) is 9.10. The maximum atomic E-state index is 12.4. The first kappa shape index (κ1) is 17.2. The van der Waals surface area contributed by atoms with Crippen LogP contribution in [0.2, 0.25) is 0 Å². The van der Waals surface area contributed by atoms with Crippen LogP contribution in [0, 0.1) is 0 Å². The highest BCUT2D eigenvalue weighted by atomic mass is 16.5. The Balaban J connectivity index is 1.45. The van der Waals surface area contributed by atoms with Gasteiger partial charge in [-0.3, -0.25) is 9.69 Å². The fourth-order valence-electron chi connectivity index (χ4n) is 3.44. The maximum absolute atomic E-state index is 12.4. The molecule has 1 amide bonds. The first-order valence-electron chi connectivity index (χ1n) is 9.10. The molecule has 1 N–H and O–H groups in total. The van der Waals surface area contributed by atoms with Gasteiger partial charge in [0, 0.05) is 44.3 Å². The Morgan fingerprint density at radius 3 is 2.88 bits per heavy atom. The summed E-state index contributed by atoms with van der Waals surface area (Å²) in [5.41, 5.74) is 1.89. The zero-order valence-electron chi connectivity index (χ0n) is 14.9. The van der Waals surface area contributed by atoms with Crippen molar-refractivity contribution in [3.63, 3.8) is 0 Å². The first-order chi connectivity index (χ1) is 11.6. The van der Waals surface area contributed by atoms with Gasteiger partial charge in [-0.2, -0.15) is 0 Å². The Labute approximate surface area is 145 Å². The number of nitrogens with one attached hydrogen (secondary N) is 1. The molecule has 2 aliphatic rings. The van der Waals surface area contributed by atoms with E-state index in [4.69, 9.17) is 4.74 Å². The van der Waals surface area contributed by atoms with E-state index < -0.39 is 0 Å². The fraction of sp³-hybridized carbons (Fsp3) is 0.632. The Morgan fingerprint density at radius 1 is 1.29 bits per heavy atom. The van der Waals surface area contributed by atoms with Crippen molar-refractivity contribution in [2.75, 3.05) is 46.4 Å². The summed E-state index contributed by atoms with van der Waals surface area (Å²) in [7, 11) is 2.17. The number of aryl methyl sites for hydroxylation is 1. The summed E-state index contributed by atoms with van der Waals surface area (Å²) in [6.07, 6.45) is 3.01. The molecule has 2 aliphatic heterocycles. The average molecular weight is 331 g/mol. The summed E-state index contributed by atoms with van der Waals surface area (Å²) in [6, 6.07) is 6.28. The van der Waals surface area contributed by atoms with Crippen LogP contribution in [0.5, 0.6) is 5.75 Å². The van der Waals surface area contributed by atoms with E-state index in [1.807, 2.05) is 18.2 Å². The Bertz CT molecular complexity index is 568. The van der Waals surface area contributed by atoms with E-state index in [1.165, 1.54) is 0 Å². The van der Waals surface area contributed by atoms with Gasteiger partial charge in [0.15, 0.2) is 0 Å². The minimum Gasteiger partial charge on any atom is -0.493 e. The Hall–Kier alpha value is -1.59. The van der Waals surface area contributed by atoms with Crippen molar-refractivity contribution in [2.45, 2.75) is 32.2 Å². The van der Waals surface area contributed by atoms with Crippen LogP contribution in [0.4, 0.5) is 0 Å². The highest BCUT2D eigenvalue weighted by Crippen LogP contribution is 2.25. The molecular weight excluding hydrogens is 302 g/mol. The van der Waals surface area contributed by atoms with Gasteiger partial charge >= 0.3 is 0 Å². The van der Waals surface area contributed by atoms with E-state index in [0.717, 1.165) is 75.5 Å². The van der Waals surface area contributed by atoms with Gasteiger partial charge in [0.05, 0.1) is 6.61 Å². The standard InChI is InChI=1S/C19H29N3O2/c1-15(22-11-9-21(2)10-12-22)7-8-20-19(23)17-5-6-18-16(14-17)4-3-13-24-18/h5-6,14-15H,3-4,7-13H2,1-2H3,(H,20,23)/t15-/m1/s1. The van der Waals surface area contributed by atoms with Crippen molar-refractivity contribution in [2.24, 2.45) is 0 Å². The van der Waals surface area contributed by atoms with Gasteiger partial charge < -0.3 is 15.0 Å². The van der Waals surface area contributed by atoms with Crippen molar-refractivity contribution in [3.05, 3.63) is 29.3 Å². The molecule has 1 aromatic carbocycles. The van der Waals surface area contributed by atoms with Crippen molar-refractivity contribution in [1.29, 1.82) is 0 Å². The molecule has 5 nitrogen and oxygen atoms in total. The molecule has 5 heteroatoms. The largest absolute Gasteiger partial charge is 0.493 e. The lowest BCUT2D eigenvalue weighted by Crippen LogP contribution is -2.48. The van der Waals surface area contributed by atoms with Gasteiger partial charge in [0.25, 0.3) is 5.91 Å². The summed E-state index contributed by atoms with van der Waals surface area (Å²) in [6.45, 7) is 8.27. The molecule has 1 saturated heterocycles. The molecule has 1 fully saturated rings. The molecule has 0 unspecified atom stereocenters. The van der Waals surface area contributed by atoms with Gasteiger partial charge in [-0.25, -0.2) is 0 Å². The predicted octanol–water partition coefficient (Wildman–Crippen LogP) is 1.77. The van der Waals surface area contributed by atoms with Crippen LogP contribution in [0.1, 0.15) is 35.7 Å². The van der Waals surface area contributed by atoms with Crippen LogP contribution in [0.15, 0.2) is 18.2 Å². The normalized spacial score (nSPS) is 20.1. The average Bonchev–Trinajstić information content (AvgIpc) is 2.61. The Kier molecular flexibility index (Phi) is 5.74. The number of hydrogen-bond acceptors (Lipinski definition) is 4. The number of carbonyl (C=O) groups excluding carboxylic acids is 1. The zero-order chi connectivity index (χ0) is 16.9. The summed E-state index contributed by atoms with van der Waals surface area (Å²) < 4.78 is 5.60. The lowest BCUT2D eigenvalue weighted by atomic mass is 10.0. The molecule has 132 valence electrons. The van der Waals surface area contributed by atoms with E-state index in [2.05, 4.69) is 29.1 Å². The molecule has 0 bridgehead atoms. The lowest BCUT2D eigenvalue weighted by molar-refractivity contribution is 0.0935. The molecule has 0 radical (unpaired) electrons. The molecule has 0 aliphatic carbocycles. The zero-order valence-corrected chi connectivity index (χ0v) is 14.9. The van der Waals surface area contributed by atoms with Crippen molar-refractivity contribution in [3.8, 4) is 5.75 Å². The second kappa shape index (κ2) is 7.99. The molecule has 0 spiro atoms. The minimum atomic E-state index is 0.0222. The summed E-state index contributed by atoms with van der Waals surface area (Å²) in [5.74, 6) is 0.954. The van der Waals surface area contributed by atoms with Crippen LogP contribution in [0.25, 0.3) is 0 Å². The lowest BCUT2D eigenvalue weighted by Gasteiger charge is -2.36. The molecule has 0 saturated carbocycles. The fourth-order valence-corrected chi connectivity index (χ4v) is 3.44. The van der Waals surface area contributed by atoms with Crippen molar-refractivity contribution >= 4 is 5.91 Å². The number of benzene rings is 1. The number of rotatable bonds is 5. The van der Waals surface area contributed by atoms with E-state index in [-0.39, 0.29) is 5.91 Å². The van der Waals surface area contributed by atoms with Gasteiger partial charge in [0.1, 0.15) is 5.75 Å². The van der Waals surface area contributed by atoms with E-state index in [0.29, 0.717) is 6.04 Å². The van der Waals surface area contributed by atoms with Crippen LogP contribution >= 0.6 is 0 Å². The second-order valence-electron chi connectivity index (χ2n) is 7.01. The molecule has 1 aromatic rings. The monoisotopic (exact) mass is 331 g/mol. The highest BCUT2D eigenvalue weighted by Gasteiger charge is 2.19. The smallest absolute Gasteiger partial charge is 0.251 e. The van der Waals surface area contributed by atoms with Gasteiger partial charge in [0.2, 0.25) is 0 Å². The third-order valence-electron chi connectivity index (χ3n) is 5.18. The highest BCUT2D eigenvalue weighted by molar-refractivity contribution is 5.94. The number of hydrogen-bond donors (Lipinski definition) is 1. The molecule has 1 atom stereocenters. The summed E-state index contributed by atoms with van der Waals surface area (Å²) in [4.78, 5) is 17.2. The summed E-state index contributed by atoms with van der Waals surface area (Å²) >= 11 is 0. The topological polar surface area (TPSA) is 44.8 Å². The number of carbonyl (C=O) groups is 1. The second-order valence-corrected chi connectivity index (χ2v) is 7.01. The number of ether oxygens (including phenoxy) is 1. The third-order valence-corrected chi connectivity index (χ3v) is 5.18. The maximum Gasteiger partial charge on any atom is 0.251 e.